The van der Waals surface area contributed by atoms with Gasteiger partial charge >= 0.3 is 0 Å². The van der Waals surface area contributed by atoms with Crippen LogP contribution < -0.4 is 14.8 Å². The standard InChI is InChI=1S/C15H22BrNO2/c1-3-11(4-2)9-17-10-12-7-13(16)15-14(8-12)18-5-6-19-15/h7-8,11,17H,3-6,9-10H2,1-2H3. The summed E-state index contributed by atoms with van der Waals surface area (Å²) in [6.45, 7) is 7.68. The molecule has 1 N–H and O–H groups in total. The van der Waals surface area contributed by atoms with Gasteiger partial charge in [0.2, 0.25) is 0 Å². The molecular formula is C15H22BrNO2. The van der Waals surface area contributed by atoms with E-state index < -0.39 is 0 Å². The van der Waals surface area contributed by atoms with E-state index in [0.29, 0.717) is 13.2 Å². The smallest absolute Gasteiger partial charge is 0.175 e. The SMILES string of the molecule is CCC(CC)CNCc1cc(Br)c2c(c1)OCCO2. The van der Waals surface area contributed by atoms with E-state index in [1.54, 1.807) is 0 Å². The van der Waals surface area contributed by atoms with Crippen LogP contribution in [0.1, 0.15) is 32.3 Å². The highest BCUT2D eigenvalue weighted by Crippen LogP contribution is 2.38. The summed E-state index contributed by atoms with van der Waals surface area (Å²) >= 11 is 3.55. The first kappa shape index (κ1) is 14.7. The van der Waals surface area contributed by atoms with Gasteiger partial charge in [0, 0.05) is 6.54 Å². The number of ether oxygens (including phenoxy) is 2. The normalized spacial score (nSPS) is 13.9. The maximum absolute atomic E-state index is 5.63. The second-order valence-electron chi connectivity index (χ2n) is 4.92. The molecule has 0 fully saturated rings. The number of fused-ring (bicyclic) bond motifs is 1. The van der Waals surface area contributed by atoms with E-state index in [9.17, 15) is 0 Å². The highest BCUT2D eigenvalue weighted by molar-refractivity contribution is 9.10. The van der Waals surface area contributed by atoms with E-state index in [-0.39, 0.29) is 0 Å². The van der Waals surface area contributed by atoms with Gasteiger partial charge in [-0.05, 0) is 46.1 Å². The molecule has 106 valence electrons. The van der Waals surface area contributed by atoms with Gasteiger partial charge < -0.3 is 14.8 Å². The molecule has 0 unspecified atom stereocenters. The van der Waals surface area contributed by atoms with E-state index in [1.807, 2.05) is 0 Å². The fourth-order valence-electron chi connectivity index (χ4n) is 2.26. The van der Waals surface area contributed by atoms with Crippen LogP contribution in [0.15, 0.2) is 16.6 Å². The second-order valence-corrected chi connectivity index (χ2v) is 5.77. The predicted molar refractivity (Wildman–Crippen MR) is 80.9 cm³/mol. The molecule has 19 heavy (non-hydrogen) atoms. The molecule has 0 aliphatic carbocycles. The zero-order valence-electron chi connectivity index (χ0n) is 11.7. The minimum Gasteiger partial charge on any atom is -0.486 e. The van der Waals surface area contributed by atoms with Crippen LogP contribution in [0.25, 0.3) is 0 Å². The van der Waals surface area contributed by atoms with Crippen LogP contribution in [0.3, 0.4) is 0 Å². The van der Waals surface area contributed by atoms with Crippen molar-refractivity contribution in [1.82, 2.24) is 5.32 Å². The van der Waals surface area contributed by atoms with E-state index >= 15 is 0 Å². The average molecular weight is 328 g/mol. The van der Waals surface area contributed by atoms with E-state index in [1.165, 1.54) is 18.4 Å². The third-order valence-electron chi connectivity index (χ3n) is 3.57. The summed E-state index contributed by atoms with van der Waals surface area (Å²) in [5.41, 5.74) is 1.22. The van der Waals surface area contributed by atoms with E-state index in [4.69, 9.17) is 9.47 Å². The predicted octanol–water partition coefficient (Wildman–Crippen LogP) is 3.75. The molecule has 2 rings (SSSR count). The first-order chi connectivity index (χ1) is 9.24. The van der Waals surface area contributed by atoms with Crippen LogP contribution in [-0.2, 0) is 6.54 Å². The molecule has 0 aromatic heterocycles. The molecule has 1 aromatic carbocycles. The molecule has 0 spiro atoms. The minimum absolute atomic E-state index is 0.623. The molecule has 1 aliphatic rings. The largest absolute Gasteiger partial charge is 0.486 e. The average Bonchev–Trinajstić information content (AvgIpc) is 2.44. The van der Waals surface area contributed by atoms with Gasteiger partial charge in [0.1, 0.15) is 13.2 Å². The van der Waals surface area contributed by atoms with Gasteiger partial charge in [0.15, 0.2) is 11.5 Å². The summed E-state index contributed by atoms with van der Waals surface area (Å²) in [5, 5.41) is 3.52. The zero-order chi connectivity index (χ0) is 13.7. The first-order valence-electron chi connectivity index (χ1n) is 7.03. The number of nitrogens with one attached hydrogen (secondary N) is 1. The van der Waals surface area contributed by atoms with Crippen molar-refractivity contribution in [2.45, 2.75) is 33.2 Å². The van der Waals surface area contributed by atoms with Gasteiger partial charge in [-0.15, -0.1) is 0 Å². The molecule has 0 saturated carbocycles. The monoisotopic (exact) mass is 327 g/mol. The molecule has 0 radical (unpaired) electrons. The van der Waals surface area contributed by atoms with Gasteiger partial charge in [0.25, 0.3) is 0 Å². The third-order valence-corrected chi connectivity index (χ3v) is 4.16. The Bertz CT molecular complexity index is 419. The lowest BCUT2D eigenvalue weighted by Crippen LogP contribution is -2.22. The quantitative estimate of drug-likeness (QED) is 0.863. The fourth-order valence-corrected chi connectivity index (χ4v) is 2.87. The number of hydrogen-bond donors (Lipinski definition) is 1. The Morgan fingerprint density at radius 1 is 1.21 bits per heavy atom. The highest BCUT2D eigenvalue weighted by atomic mass is 79.9. The molecule has 0 bridgehead atoms. The molecule has 1 aromatic rings. The molecule has 1 heterocycles. The second kappa shape index (κ2) is 7.15. The molecular weight excluding hydrogens is 306 g/mol. The summed E-state index contributed by atoms with van der Waals surface area (Å²) in [6.07, 6.45) is 2.46. The van der Waals surface area contributed by atoms with Gasteiger partial charge in [-0.25, -0.2) is 0 Å². The van der Waals surface area contributed by atoms with Gasteiger partial charge in [-0.1, -0.05) is 26.7 Å². The van der Waals surface area contributed by atoms with Crippen LogP contribution in [0.2, 0.25) is 0 Å². The topological polar surface area (TPSA) is 30.5 Å². The molecule has 0 atom stereocenters. The number of halogens is 1. The highest BCUT2D eigenvalue weighted by Gasteiger charge is 2.16. The van der Waals surface area contributed by atoms with E-state index in [0.717, 1.165) is 35.0 Å². The molecule has 0 saturated heterocycles. The summed E-state index contributed by atoms with van der Waals surface area (Å²) in [7, 11) is 0. The summed E-state index contributed by atoms with van der Waals surface area (Å²) in [6, 6.07) is 4.17. The molecule has 4 heteroatoms. The van der Waals surface area contributed by atoms with Crippen LogP contribution in [0.5, 0.6) is 11.5 Å². The summed E-state index contributed by atoms with van der Waals surface area (Å²) in [4.78, 5) is 0. The third kappa shape index (κ3) is 3.86. The zero-order valence-corrected chi connectivity index (χ0v) is 13.3. The number of hydrogen-bond acceptors (Lipinski definition) is 3. The minimum atomic E-state index is 0.623. The van der Waals surface area contributed by atoms with Crippen LogP contribution >= 0.6 is 15.9 Å². The number of benzene rings is 1. The Hall–Kier alpha value is -0.740. The van der Waals surface area contributed by atoms with Crippen molar-refractivity contribution in [3.05, 3.63) is 22.2 Å². The van der Waals surface area contributed by atoms with Crippen LogP contribution in [-0.4, -0.2) is 19.8 Å². The van der Waals surface area contributed by atoms with Gasteiger partial charge in [-0.2, -0.15) is 0 Å². The van der Waals surface area contributed by atoms with Crippen molar-refractivity contribution in [2.24, 2.45) is 5.92 Å². The van der Waals surface area contributed by atoms with Gasteiger partial charge in [-0.3, -0.25) is 0 Å². The summed E-state index contributed by atoms with van der Waals surface area (Å²) in [5.74, 6) is 2.44. The maximum Gasteiger partial charge on any atom is 0.175 e. The van der Waals surface area contributed by atoms with Gasteiger partial charge in [0.05, 0.1) is 4.47 Å². The Labute approximate surface area is 123 Å². The first-order valence-corrected chi connectivity index (χ1v) is 7.82. The Kier molecular flexibility index (Phi) is 5.52. The molecule has 0 amide bonds. The van der Waals surface area contributed by atoms with Crippen molar-refractivity contribution in [3.63, 3.8) is 0 Å². The lowest BCUT2D eigenvalue weighted by atomic mass is 10.0. The van der Waals surface area contributed by atoms with Crippen molar-refractivity contribution < 1.29 is 9.47 Å². The maximum atomic E-state index is 5.63. The Morgan fingerprint density at radius 3 is 2.68 bits per heavy atom. The Morgan fingerprint density at radius 2 is 1.95 bits per heavy atom. The fraction of sp³-hybridized carbons (Fsp3) is 0.600. The Balaban J connectivity index is 1.96. The van der Waals surface area contributed by atoms with Crippen LogP contribution in [0.4, 0.5) is 0 Å². The molecule has 1 aliphatic heterocycles. The van der Waals surface area contributed by atoms with Crippen molar-refractivity contribution in [3.8, 4) is 11.5 Å². The van der Waals surface area contributed by atoms with E-state index in [2.05, 4.69) is 47.2 Å². The lowest BCUT2D eigenvalue weighted by Gasteiger charge is -2.21. The van der Waals surface area contributed by atoms with Crippen molar-refractivity contribution >= 4 is 15.9 Å². The summed E-state index contributed by atoms with van der Waals surface area (Å²) < 4.78 is 12.2. The van der Waals surface area contributed by atoms with Crippen molar-refractivity contribution in [1.29, 1.82) is 0 Å². The molecule has 3 nitrogen and oxygen atoms in total. The lowest BCUT2D eigenvalue weighted by molar-refractivity contribution is 0.170. The van der Waals surface area contributed by atoms with Crippen LogP contribution in [0, 0.1) is 5.92 Å². The van der Waals surface area contributed by atoms with Crippen molar-refractivity contribution in [2.75, 3.05) is 19.8 Å². The number of rotatable bonds is 6.